The van der Waals surface area contributed by atoms with E-state index in [-0.39, 0.29) is 27.2 Å². The molecule has 0 aliphatic heterocycles. The Morgan fingerprint density at radius 1 is 1.10 bits per heavy atom. The Balaban J connectivity index is 1.66. The van der Waals surface area contributed by atoms with E-state index in [0.717, 1.165) is 0 Å². The Hall–Kier alpha value is -3.61. The summed E-state index contributed by atoms with van der Waals surface area (Å²) in [5, 5.41) is 21.0. The van der Waals surface area contributed by atoms with Crippen molar-refractivity contribution >= 4 is 44.6 Å². The van der Waals surface area contributed by atoms with E-state index in [1.165, 1.54) is 54.6 Å². The molecule has 0 bridgehead atoms. The van der Waals surface area contributed by atoms with Gasteiger partial charge in [0.05, 0.1) is 9.82 Å². The summed E-state index contributed by atoms with van der Waals surface area (Å²) in [5.74, 6) is -0.406. The van der Waals surface area contributed by atoms with Crippen LogP contribution in [0.5, 0.6) is 0 Å². The molecule has 0 aliphatic carbocycles. The third-order valence-corrected chi connectivity index (χ3v) is 4.97. The fourth-order valence-corrected chi connectivity index (χ4v) is 3.17. The van der Waals surface area contributed by atoms with E-state index in [0.29, 0.717) is 11.3 Å². The van der Waals surface area contributed by atoms with E-state index in [2.05, 4.69) is 10.6 Å². The molecule has 0 aliphatic rings. The van der Waals surface area contributed by atoms with Crippen LogP contribution in [0.1, 0.15) is 10.6 Å². The molecule has 154 valence electrons. The van der Waals surface area contributed by atoms with Gasteiger partial charge in [-0.15, -0.1) is 0 Å². The Bertz CT molecular complexity index is 1240. The number of sulfonamides is 1. The summed E-state index contributed by atoms with van der Waals surface area (Å²) in [7, 11) is -3.81. The molecular formula is C18H14N4O6S2. The molecule has 1 heterocycles. The Morgan fingerprint density at radius 2 is 1.80 bits per heavy atom. The Labute approximate surface area is 175 Å². The number of furan rings is 1. The average molecular weight is 446 g/mol. The van der Waals surface area contributed by atoms with Gasteiger partial charge in [-0.1, -0.05) is 12.1 Å². The summed E-state index contributed by atoms with van der Waals surface area (Å²) in [6.45, 7) is 0. The number of nitrogens with two attached hydrogens (primary N) is 1. The second-order valence-electron chi connectivity index (χ2n) is 5.95. The van der Waals surface area contributed by atoms with Gasteiger partial charge in [0, 0.05) is 23.4 Å². The summed E-state index contributed by atoms with van der Waals surface area (Å²) in [4.78, 5) is 22.6. The van der Waals surface area contributed by atoms with E-state index in [1.54, 1.807) is 6.07 Å². The first kappa shape index (κ1) is 21.1. The van der Waals surface area contributed by atoms with Crippen LogP contribution in [0.15, 0.2) is 70.0 Å². The first-order valence-electron chi connectivity index (χ1n) is 8.23. The number of nitro benzene ring substituents is 1. The second kappa shape index (κ2) is 8.41. The highest BCUT2D eigenvalue weighted by Gasteiger charge is 2.15. The SMILES string of the molecule is NS(=O)(=O)c1ccc(NC(=S)NC(=O)c2ccc(-c3cccc([N+](=O)[O-])c3)o2)cc1. The predicted molar refractivity (Wildman–Crippen MR) is 112 cm³/mol. The van der Waals surface area contributed by atoms with Crippen molar-refractivity contribution in [1.29, 1.82) is 0 Å². The maximum atomic E-state index is 12.3. The number of primary sulfonamides is 1. The summed E-state index contributed by atoms with van der Waals surface area (Å²) in [6, 6.07) is 14.2. The highest BCUT2D eigenvalue weighted by Crippen LogP contribution is 2.25. The number of carbonyl (C=O) groups is 1. The lowest BCUT2D eigenvalue weighted by Gasteiger charge is -2.09. The number of thiocarbonyl (C=S) groups is 1. The lowest BCUT2D eigenvalue weighted by molar-refractivity contribution is -0.384. The topological polar surface area (TPSA) is 158 Å². The number of amides is 1. The van der Waals surface area contributed by atoms with Gasteiger partial charge in [-0.25, -0.2) is 13.6 Å². The van der Waals surface area contributed by atoms with Crippen molar-refractivity contribution in [2.24, 2.45) is 5.14 Å². The number of nitro groups is 1. The molecule has 0 spiro atoms. The van der Waals surface area contributed by atoms with Crippen LogP contribution in [-0.2, 0) is 10.0 Å². The maximum absolute atomic E-state index is 12.3. The number of carbonyl (C=O) groups excluding carboxylic acids is 1. The molecule has 0 fully saturated rings. The van der Waals surface area contributed by atoms with Gasteiger partial charge in [0.1, 0.15) is 5.76 Å². The van der Waals surface area contributed by atoms with Crippen molar-refractivity contribution in [1.82, 2.24) is 5.32 Å². The second-order valence-corrected chi connectivity index (χ2v) is 7.92. The van der Waals surface area contributed by atoms with Crippen molar-refractivity contribution in [3.05, 3.63) is 76.5 Å². The minimum absolute atomic E-state index is 0.0448. The van der Waals surface area contributed by atoms with Gasteiger partial charge in [0.15, 0.2) is 10.9 Å². The summed E-state index contributed by atoms with van der Waals surface area (Å²) in [5.41, 5.74) is 0.775. The van der Waals surface area contributed by atoms with Gasteiger partial charge >= 0.3 is 0 Å². The molecule has 10 nitrogen and oxygen atoms in total. The first-order valence-corrected chi connectivity index (χ1v) is 10.2. The number of hydrogen-bond donors (Lipinski definition) is 3. The molecule has 0 saturated carbocycles. The van der Waals surface area contributed by atoms with Crippen molar-refractivity contribution in [2.75, 3.05) is 5.32 Å². The standard InChI is InChI=1S/C18H14N4O6S2/c19-30(26,27)14-6-4-12(5-7-14)20-18(29)21-17(23)16-9-8-15(28-16)11-2-1-3-13(10-11)22(24)25/h1-10H,(H2,19,26,27)(H2,20,21,23,29). The van der Waals surface area contributed by atoms with E-state index in [1.807, 2.05) is 0 Å². The Kier molecular flexibility index (Phi) is 5.91. The lowest BCUT2D eigenvalue weighted by atomic mass is 10.1. The lowest BCUT2D eigenvalue weighted by Crippen LogP contribution is -2.33. The summed E-state index contributed by atoms with van der Waals surface area (Å²) < 4.78 is 28.0. The normalized spacial score (nSPS) is 11.0. The molecule has 3 aromatic rings. The molecule has 12 heteroatoms. The molecule has 4 N–H and O–H groups in total. The van der Waals surface area contributed by atoms with Crippen LogP contribution in [0, 0.1) is 10.1 Å². The largest absolute Gasteiger partial charge is 0.451 e. The predicted octanol–water partition coefficient (Wildman–Crippen LogP) is 2.63. The number of rotatable bonds is 5. The first-order chi connectivity index (χ1) is 14.1. The highest BCUT2D eigenvalue weighted by atomic mass is 32.2. The molecule has 3 rings (SSSR count). The van der Waals surface area contributed by atoms with Crippen molar-refractivity contribution in [3.63, 3.8) is 0 Å². The van der Waals surface area contributed by atoms with Gasteiger partial charge in [-0.05, 0) is 48.6 Å². The third-order valence-electron chi connectivity index (χ3n) is 3.84. The van der Waals surface area contributed by atoms with Crippen LogP contribution in [0.25, 0.3) is 11.3 Å². The van der Waals surface area contributed by atoms with Gasteiger partial charge in [-0.2, -0.15) is 0 Å². The van der Waals surface area contributed by atoms with Crippen LogP contribution >= 0.6 is 12.2 Å². The van der Waals surface area contributed by atoms with Gasteiger partial charge in [0.25, 0.3) is 11.6 Å². The summed E-state index contributed by atoms with van der Waals surface area (Å²) >= 11 is 5.06. The maximum Gasteiger partial charge on any atom is 0.293 e. The molecule has 0 atom stereocenters. The van der Waals surface area contributed by atoms with Gasteiger partial charge < -0.3 is 9.73 Å². The molecule has 0 radical (unpaired) electrons. The fourth-order valence-electron chi connectivity index (χ4n) is 2.44. The Morgan fingerprint density at radius 3 is 2.43 bits per heavy atom. The molecule has 1 aromatic heterocycles. The number of nitrogens with zero attached hydrogens (tertiary/aromatic N) is 1. The number of nitrogens with one attached hydrogen (secondary N) is 2. The minimum Gasteiger partial charge on any atom is -0.451 e. The molecule has 0 saturated heterocycles. The van der Waals surface area contributed by atoms with Crippen LogP contribution in [0.2, 0.25) is 0 Å². The minimum atomic E-state index is -3.81. The number of anilines is 1. The molecular weight excluding hydrogens is 432 g/mol. The third kappa shape index (κ3) is 5.05. The monoisotopic (exact) mass is 446 g/mol. The highest BCUT2D eigenvalue weighted by molar-refractivity contribution is 7.89. The van der Waals surface area contributed by atoms with E-state index in [4.69, 9.17) is 21.8 Å². The number of non-ortho nitro benzene ring substituents is 1. The quantitative estimate of drug-likeness (QED) is 0.306. The van der Waals surface area contributed by atoms with Crippen molar-refractivity contribution < 1.29 is 22.6 Å². The van der Waals surface area contributed by atoms with Crippen molar-refractivity contribution in [2.45, 2.75) is 4.90 Å². The van der Waals surface area contributed by atoms with Crippen LogP contribution in [0.3, 0.4) is 0 Å². The van der Waals surface area contributed by atoms with Crippen molar-refractivity contribution in [3.8, 4) is 11.3 Å². The fraction of sp³-hybridized carbons (Fsp3) is 0. The summed E-state index contributed by atoms with van der Waals surface area (Å²) in [6.07, 6.45) is 0. The van der Waals surface area contributed by atoms with Crippen LogP contribution < -0.4 is 15.8 Å². The zero-order valence-corrected chi connectivity index (χ0v) is 16.7. The van der Waals surface area contributed by atoms with E-state index >= 15 is 0 Å². The van der Waals surface area contributed by atoms with E-state index < -0.39 is 20.9 Å². The molecule has 2 aromatic carbocycles. The van der Waals surface area contributed by atoms with E-state index in [9.17, 15) is 23.3 Å². The average Bonchev–Trinajstić information content (AvgIpc) is 3.18. The molecule has 1 amide bonds. The van der Waals surface area contributed by atoms with Crippen LogP contribution in [-0.4, -0.2) is 24.4 Å². The number of hydrogen-bond acceptors (Lipinski definition) is 7. The van der Waals surface area contributed by atoms with Crippen LogP contribution in [0.4, 0.5) is 11.4 Å². The zero-order valence-electron chi connectivity index (χ0n) is 15.1. The van der Waals surface area contributed by atoms with Gasteiger partial charge in [0.2, 0.25) is 10.0 Å². The zero-order chi connectivity index (χ0) is 21.9. The smallest absolute Gasteiger partial charge is 0.293 e. The molecule has 0 unspecified atom stereocenters. The molecule has 30 heavy (non-hydrogen) atoms. The van der Waals surface area contributed by atoms with Gasteiger partial charge in [-0.3, -0.25) is 20.2 Å². The number of benzene rings is 2.